The number of carbonyl (C=O) groups is 2. The van der Waals surface area contributed by atoms with Crippen molar-refractivity contribution in [3.05, 3.63) is 63.8 Å². The second-order valence-electron chi connectivity index (χ2n) is 7.81. The lowest BCUT2D eigenvalue weighted by Crippen LogP contribution is -2.33. The Bertz CT molecular complexity index is 1200. The second-order valence-corrected chi connectivity index (χ2v) is 7.81. The smallest absolute Gasteiger partial charge is 0.269 e. The van der Waals surface area contributed by atoms with Crippen molar-refractivity contribution in [2.45, 2.75) is 26.3 Å². The van der Waals surface area contributed by atoms with Gasteiger partial charge >= 0.3 is 0 Å². The van der Waals surface area contributed by atoms with Crippen molar-refractivity contribution in [3.8, 4) is 0 Å². The van der Waals surface area contributed by atoms with Crippen LogP contribution in [0.3, 0.4) is 0 Å². The molecule has 1 fully saturated rings. The Morgan fingerprint density at radius 1 is 1.12 bits per heavy atom. The van der Waals surface area contributed by atoms with E-state index >= 15 is 0 Å². The lowest BCUT2D eigenvalue weighted by atomic mass is 10.1. The Morgan fingerprint density at radius 2 is 1.97 bits per heavy atom. The lowest BCUT2D eigenvalue weighted by Gasteiger charge is -2.22. The standard InChI is InChI=1S/C23H26N6O3/c1-3-16-11-19-20(27-22(16)31)10-15(12-25-19)14-28-7-6-21(30)29(9-8-28)17-4-5-18(26-13-17)23(32)24-2/h4-5,10-13H,3,6-9,14H2,1-2H3,(H,24,32)(H,27,31). The molecule has 0 aromatic carbocycles. The van der Waals surface area contributed by atoms with E-state index in [0.29, 0.717) is 50.4 Å². The van der Waals surface area contributed by atoms with Crippen LogP contribution in [0.2, 0.25) is 0 Å². The SMILES string of the molecule is CCc1cc2ncc(CN3CCC(=O)N(c4ccc(C(=O)NC)nc4)CC3)cc2[nH]c1=O. The van der Waals surface area contributed by atoms with Crippen LogP contribution in [0.4, 0.5) is 5.69 Å². The zero-order valence-electron chi connectivity index (χ0n) is 18.2. The van der Waals surface area contributed by atoms with Crippen LogP contribution >= 0.6 is 0 Å². The highest BCUT2D eigenvalue weighted by molar-refractivity contribution is 5.95. The van der Waals surface area contributed by atoms with Gasteiger partial charge in [-0.15, -0.1) is 0 Å². The zero-order chi connectivity index (χ0) is 22.7. The maximum atomic E-state index is 12.7. The number of carbonyl (C=O) groups excluding carboxylic acids is 2. The van der Waals surface area contributed by atoms with Gasteiger partial charge in [0.1, 0.15) is 5.69 Å². The minimum absolute atomic E-state index is 0.0232. The molecule has 32 heavy (non-hydrogen) atoms. The van der Waals surface area contributed by atoms with Gasteiger partial charge in [0.05, 0.1) is 22.9 Å². The molecule has 0 aliphatic carbocycles. The maximum Gasteiger partial charge on any atom is 0.269 e. The zero-order valence-corrected chi connectivity index (χ0v) is 18.2. The molecule has 1 saturated heterocycles. The fraction of sp³-hybridized carbons (Fsp3) is 0.348. The summed E-state index contributed by atoms with van der Waals surface area (Å²) < 4.78 is 0. The number of aromatic nitrogens is 3. The number of aryl methyl sites for hydroxylation is 1. The summed E-state index contributed by atoms with van der Waals surface area (Å²) >= 11 is 0. The van der Waals surface area contributed by atoms with Gasteiger partial charge in [-0.25, -0.2) is 4.98 Å². The Hall–Kier alpha value is -3.59. The van der Waals surface area contributed by atoms with Crippen LogP contribution in [-0.2, 0) is 17.8 Å². The first-order valence-electron chi connectivity index (χ1n) is 10.7. The third-order valence-corrected chi connectivity index (χ3v) is 5.72. The van der Waals surface area contributed by atoms with E-state index < -0.39 is 0 Å². The van der Waals surface area contributed by atoms with Gasteiger partial charge < -0.3 is 15.2 Å². The van der Waals surface area contributed by atoms with Gasteiger partial charge in [-0.2, -0.15) is 0 Å². The third kappa shape index (κ3) is 4.52. The first-order chi connectivity index (χ1) is 15.5. The number of fused-ring (bicyclic) bond motifs is 1. The molecule has 4 heterocycles. The molecule has 0 radical (unpaired) electrons. The van der Waals surface area contributed by atoms with Crippen LogP contribution in [-0.4, -0.2) is 58.3 Å². The van der Waals surface area contributed by atoms with Crippen molar-refractivity contribution in [2.75, 3.05) is 31.6 Å². The van der Waals surface area contributed by atoms with Crippen LogP contribution in [0.15, 0.2) is 41.5 Å². The van der Waals surface area contributed by atoms with E-state index in [4.69, 9.17) is 0 Å². The van der Waals surface area contributed by atoms with Crippen LogP contribution in [0.1, 0.15) is 35.0 Å². The van der Waals surface area contributed by atoms with E-state index in [9.17, 15) is 14.4 Å². The number of amides is 2. The monoisotopic (exact) mass is 434 g/mol. The molecule has 0 spiro atoms. The van der Waals surface area contributed by atoms with Crippen LogP contribution in [0.25, 0.3) is 11.0 Å². The van der Waals surface area contributed by atoms with Crippen LogP contribution in [0.5, 0.6) is 0 Å². The molecule has 1 aliphatic heterocycles. The van der Waals surface area contributed by atoms with Crippen molar-refractivity contribution >= 4 is 28.5 Å². The van der Waals surface area contributed by atoms with Gasteiger partial charge in [-0.1, -0.05) is 6.92 Å². The van der Waals surface area contributed by atoms with Gasteiger partial charge in [0.25, 0.3) is 11.5 Å². The van der Waals surface area contributed by atoms with Crippen molar-refractivity contribution in [2.24, 2.45) is 0 Å². The minimum Gasteiger partial charge on any atom is -0.354 e. The fourth-order valence-corrected chi connectivity index (χ4v) is 3.88. The predicted octanol–water partition coefficient (Wildman–Crippen LogP) is 1.48. The van der Waals surface area contributed by atoms with Crippen LogP contribution < -0.4 is 15.8 Å². The molecule has 0 atom stereocenters. The average molecular weight is 435 g/mol. The molecule has 166 valence electrons. The first-order valence-corrected chi connectivity index (χ1v) is 10.7. The molecule has 0 saturated carbocycles. The van der Waals surface area contributed by atoms with Gasteiger partial charge in [0.15, 0.2) is 0 Å². The van der Waals surface area contributed by atoms with Crippen molar-refractivity contribution in [1.82, 2.24) is 25.2 Å². The number of pyridine rings is 3. The first kappa shape index (κ1) is 21.6. The summed E-state index contributed by atoms with van der Waals surface area (Å²) in [5.41, 5.74) is 4.12. The largest absolute Gasteiger partial charge is 0.354 e. The Labute approximate surface area is 185 Å². The molecule has 0 bridgehead atoms. The van der Waals surface area contributed by atoms with Crippen molar-refractivity contribution in [1.29, 1.82) is 0 Å². The quantitative estimate of drug-likeness (QED) is 0.629. The molecule has 3 aromatic rings. The molecule has 9 nitrogen and oxygen atoms in total. The van der Waals surface area contributed by atoms with E-state index in [2.05, 4.69) is 25.2 Å². The van der Waals surface area contributed by atoms with Crippen LogP contribution in [0, 0.1) is 0 Å². The normalized spacial score (nSPS) is 15.1. The van der Waals surface area contributed by atoms with Crippen molar-refractivity contribution in [3.63, 3.8) is 0 Å². The molecule has 9 heteroatoms. The fourth-order valence-electron chi connectivity index (χ4n) is 3.88. The number of aromatic amines is 1. The van der Waals surface area contributed by atoms with Gasteiger partial charge in [-0.05, 0) is 36.2 Å². The van der Waals surface area contributed by atoms with Crippen molar-refractivity contribution < 1.29 is 9.59 Å². The highest BCUT2D eigenvalue weighted by Crippen LogP contribution is 2.19. The number of H-pyrrole nitrogens is 1. The topological polar surface area (TPSA) is 111 Å². The highest BCUT2D eigenvalue weighted by atomic mass is 16.2. The lowest BCUT2D eigenvalue weighted by molar-refractivity contribution is -0.118. The molecule has 1 aliphatic rings. The Kier molecular flexibility index (Phi) is 6.27. The number of hydrogen-bond acceptors (Lipinski definition) is 6. The number of nitrogens with one attached hydrogen (secondary N) is 2. The molecule has 3 aromatic heterocycles. The molecule has 2 amide bonds. The van der Waals surface area contributed by atoms with E-state index in [-0.39, 0.29) is 17.4 Å². The summed E-state index contributed by atoms with van der Waals surface area (Å²) in [6.07, 6.45) is 4.43. The summed E-state index contributed by atoms with van der Waals surface area (Å²) in [5.74, 6) is -0.240. The average Bonchev–Trinajstić information content (AvgIpc) is 2.99. The number of hydrogen-bond donors (Lipinski definition) is 2. The highest BCUT2D eigenvalue weighted by Gasteiger charge is 2.23. The number of rotatable bonds is 5. The summed E-state index contributed by atoms with van der Waals surface area (Å²) in [4.78, 5) is 52.0. The molecule has 0 unspecified atom stereocenters. The summed E-state index contributed by atoms with van der Waals surface area (Å²) in [7, 11) is 1.55. The second kappa shape index (κ2) is 9.27. The van der Waals surface area contributed by atoms with E-state index in [1.54, 1.807) is 30.3 Å². The molecular formula is C23H26N6O3. The van der Waals surface area contributed by atoms with Gasteiger partial charge in [-0.3, -0.25) is 24.3 Å². The van der Waals surface area contributed by atoms with E-state index in [0.717, 1.165) is 22.2 Å². The number of nitrogens with zero attached hydrogens (tertiary/aromatic N) is 4. The summed E-state index contributed by atoms with van der Waals surface area (Å²) in [5, 5.41) is 2.53. The predicted molar refractivity (Wildman–Crippen MR) is 122 cm³/mol. The van der Waals surface area contributed by atoms with Gasteiger partial charge in [0.2, 0.25) is 5.91 Å². The number of anilines is 1. The molecule has 4 rings (SSSR count). The van der Waals surface area contributed by atoms with Gasteiger partial charge in [0, 0.05) is 51.4 Å². The van der Waals surface area contributed by atoms with E-state index in [1.807, 2.05) is 25.3 Å². The third-order valence-electron chi connectivity index (χ3n) is 5.72. The van der Waals surface area contributed by atoms with E-state index in [1.165, 1.54) is 0 Å². The summed E-state index contributed by atoms with van der Waals surface area (Å²) in [6.45, 7) is 4.42. The Morgan fingerprint density at radius 3 is 2.69 bits per heavy atom. The minimum atomic E-state index is -0.263. The Balaban J connectivity index is 1.46. The molecular weight excluding hydrogens is 408 g/mol. The maximum absolute atomic E-state index is 12.7. The summed E-state index contributed by atoms with van der Waals surface area (Å²) in [6, 6.07) is 7.16. The molecule has 2 N–H and O–H groups in total.